The summed E-state index contributed by atoms with van der Waals surface area (Å²) < 4.78 is 7.26. The van der Waals surface area contributed by atoms with Crippen molar-refractivity contribution in [2.75, 3.05) is 0 Å². The standard InChI is InChI=1S/C19H17N5OS/c1-13-7-6-8-15(11-13)18-21-22-19(24(18)16-9-4-3-5-10-16)26-12-17-20-14(2)23-25-17/h3-11H,12H2,1-2H3. The fourth-order valence-electron chi connectivity index (χ4n) is 2.67. The molecule has 0 spiro atoms. The largest absolute Gasteiger partial charge is 0.338 e. The Kier molecular flexibility index (Phi) is 4.53. The molecule has 0 unspecified atom stereocenters. The molecular formula is C19H17N5OS. The number of hydrogen-bond acceptors (Lipinski definition) is 6. The number of hydrogen-bond donors (Lipinski definition) is 0. The number of rotatable bonds is 5. The highest BCUT2D eigenvalue weighted by Gasteiger charge is 2.17. The minimum absolute atomic E-state index is 0.541. The van der Waals surface area contributed by atoms with Gasteiger partial charge in [-0.3, -0.25) is 4.57 Å². The fraction of sp³-hybridized carbons (Fsp3) is 0.158. The van der Waals surface area contributed by atoms with Crippen molar-refractivity contribution in [1.29, 1.82) is 0 Å². The normalized spacial score (nSPS) is 11.0. The van der Waals surface area contributed by atoms with Crippen molar-refractivity contribution in [3.8, 4) is 17.1 Å². The van der Waals surface area contributed by atoms with Crippen molar-refractivity contribution in [3.63, 3.8) is 0 Å². The lowest BCUT2D eigenvalue weighted by Gasteiger charge is -2.10. The van der Waals surface area contributed by atoms with Crippen molar-refractivity contribution >= 4 is 11.8 Å². The first-order valence-electron chi connectivity index (χ1n) is 8.20. The van der Waals surface area contributed by atoms with E-state index in [2.05, 4.69) is 44.0 Å². The van der Waals surface area contributed by atoms with Gasteiger partial charge in [-0.2, -0.15) is 4.98 Å². The first kappa shape index (κ1) is 16.5. The monoisotopic (exact) mass is 363 g/mol. The molecule has 0 atom stereocenters. The second-order valence-electron chi connectivity index (χ2n) is 5.87. The van der Waals surface area contributed by atoms with Crippen LogP contribution in [0.25, 0.3) is 17.1 Å². The lowest BCUT2D eigenvalue weighted by Crippen LogP contribution is -1.99. The number of para-hydroxylation sites is 1. The Bertz CT molecular complexity index is 1030. The van der Waals surface area contributed by atoms with E-state index in [1.165, 1.54) is 17.3 Å². The second kappa shape index (κ2) is 7.13. The molecule has 0 aliphatic carbocycles. The molecule has 4 rings (SSSR count). The van der Waals surface area contributed by atoms with E-state index >= 15 is 0 Å². The minimum atomic E-state index is 0.541. The number of benzene rings is 2. The Morgan fingerprint density at radius 2 is 1.85 bits per heavy atom. The number of aromatic nitrogens is 5. The van der Waals surface area contributed by atoms with E-state index in [-0.39, 0.29) is 0 Å². The van der Waals surface area contributed by atoms with Gasteiger partial charge in [0.2, 0.25) is 5.89 Å². The molecule has 26 heavy (non-hydrogen) atoms. The first-order valence-corrected chi connectivity index (χ1v) is 9.19. The Morgan fingerprint density at radius 1 is 1.00 bits per heavy atom. The summed E-state index contributed by atoms with van der Waals surface area (Å²) in [6.45, 7) is 3.88. The van der Waals surface area contributed by atoms with Crippen LogP contribution in [0.5, 0.6) is 0 Å². The molecule has 0 radical (unpaired) electrons. The molecule has 0 N–H and O–H groups in total. The van der Waals surface area contributed by atoms with Crippen LogP contribution in [0, 0.1) is 13.8 Å². The van der Waals surface area contributed by atoms with Crippen LogP contribution >= 0.6 is 11.8 Å². The highest BCUT2D eigenvalue weighted by Crippen LogP contribution is 2.29. The summed E-state index contributed by atoms with van der Waals surface area (Å²) in [4.78, 5) is 4.25. The SMILES string of the molecule is Cc1cccc(-c2nnc(SCc3nc(C)no3)n2-c2ccccc2)c1. The van der Waals surface area contributed by atoms with Crippen LogP contribution in [0.3, 0.4) is 0 Å². The highest BCUT2D eigenvalue weighted by molar-refractivity contribution is 7.98. The molecule has 0 fully saturated rings. The summed E-state index contributed by atoms with van der Waals surface area (Å²) in [6.07, 6.45) is 0. The Morgan fingerprint density at radius 3 is 2.58 bits per heavy atom. The molecule has 0 saturated heterocycles. The molecule has 4 aromatic rings. The van der Waals surface area contributed by atoms with Gasteiger partial charge in [0.15, 0.2) is 16.8 Å². The molecule has 0 aliphatic rings. The molecule has 0 aliphatic heterocycles. The molecule has 2 heterocycles. The van der Waals surface area contributed by atoms with Gasteiger partial charge < -0.3 is 4.52 Å². The predicted octanol–water partition coefficient (Wildman–Crippen LogP) is 4.23. The molecular weight excluding hydrogens is 346 g/mol. The summed E-state index contributed by atoms with van der Waals surface area (Å²) in [5, 5.41) is 13.5. The smallest absolute Gasteiger partial charge is 0.237 e. The van der Waals surface area contributed by atoms with Crippen LogP contribution < -0.4 is 0 Å². The molecule has 2 aromatic carbocycles. The van der Waals surface area contributed by atoms with Crippen molar-refractivity contribution in [2.24, 2.45) is 0 Å². The number of aryl methyl sites for hydroxylation is 2. The zero-order chi connectivity index (χ0) is 17.9. The molecule has 0 saturated carbocycles. The van der Waals surface area contributed by atoms with Crippen LogP contribution in [0.15, 0.2) is 64.3 Å². The number of nitrogens with zero attached hydrogens (tertiary/aromatic N) is 5. The van der Waals surface area contributed by atoms with Crippen LogP contribution in [0.1, 0.15) is 17.3 Å². The Balaban J connectivity index is 1.74. The van der Waals surface area contributed by atoms with Gasteiger partial charge in [-0.25, -0.2) is 0 Å². The molecule has 130 valence electrons. The third-order valence-electron chi connectivity index (χ3n) is 3.82. The van der Waals surface area contributed by atoms with E-state index < -0.39 is 0 Å². The van der Waals surface area contributed by atoms with Crippen LogP contribution in [-0.4, -0.2) is 24.9 Å². The van der Waals surface area contributed by atoms with Crippen LogP contribution in [-0.2, 0) is 5.75 Å². The molecule has 0 amide bonds. The second-order valence-corrected chi connectivity index (χ2v) is 6.81. The van der Waals surface area contributed by atoms with Crippen LogP contribution in [0.2, 0.25) is 0 Å². The van der Waals surface area contributed by atoms with E-state index in [4.69, 9.17) is 4.52 Å². The van der Waals surface area contributed by atoms with E-state index in [9.17, 15) is 0 Å². The van der Waals surface area contributed by atoms with Gasteiger partial charge in [0.1, 0.15) is 0 Å². The average Bonchev–Trinajstić information content (AvgIpc) is 3.26. The van der Waals surface area contributed by atoms with E-state index in [1.54, 1.807) is 6.92 Å². The maximum Gasteiger partial charge on any atom is 0.237 e. The predicted molar refractivity (Wildman–Crippen MR) is 100 cm³/mol. The third-order valence-corrected chi connectivity index (χ3v) is 4.73. The van der Waals surface area contributed by atoms with Crippen molar-refractivity contribution in [1.82, 2.24) is 24.9 Å². The van der Waals surface area contributed by atoms with E-state index in [0.29, 0.717) is 17.5 Å². The third kappa shape index (κ3) is 3.39. The van der Waals surface area contributed by atoms with Gasteiger partial charge in [-0.1, -0.05) is 58.9 Å². The zero-order valence-electron chi connectivity index (χ0n) is 14.5. The summed E-state index contributed by atoms with van der Waals surface area (Å²) in [6, 6.07) is 18.4. The molecule has 2 aromatic heterocycles. The lowest BCUT2D eigenvalue weighted by molar-refractivity contribution is 0.387. The van der Waals surface area contributed by atoms with Gasteiger partial charge in [0.25, 0.3) is 0 Å². The highest BCUT2D eigenvalue weighted by atomic mass is 32.2. The van der Waals surface area contributed by atoms with E-state index in [0.717, 1.165) is 22.2 Å². The molecule has 7 heteroatoms. The van der Waals surface area contributed by atoms with Crippen LogP contribution in [0.4, 0.5) is 0 Å². The van der Waals surface area contributed by atoms with Gasteiger partial charge in [0.05, 0.1) is 5.75 Å². The summed E-state index contributed by atoms with van der Waals surface area (Å²) in [5.74, 6) is 2.56. The van der Waals surface area contributed by atoms with Gasteiger partial charge >= 0.3 is 0 Å². The van der Waals surface area contributed by atoms with Crippen molar-refractivity contribution in [3.05, 3.63) is 71.9 Å². The maximum atomic E-state index is 5.20. The first-order chi connectivity index (χ1) is 12.7. The molecule has 6 nitrogen and oxygen atoms in total. The minimum Gasteiger partial charge on any atom is -0.338 e. The van der Waals surface area contributed by atoms with Gasteiger partial charge in [-0.05, 0) is 32.0 Å². The Labute approximate surface area is 155 Å². The quantitative estimate of drug-likeness (QED) is 0.494. The summed E-state index contributed by atoms with van der Waals surface area (Å²) in [7, 11) is 0. The van der Waals surface area contributed by atoms with Gasteiger partial charge in [0, 0.05) is 11.3 Å². The fourth-order valence-corrected chi connectivity index (χ4v) is 3.46. The van der Waals surface area contributed by atoms with Crippen molar-refractivity contribution < 1.29 is 4.52 Å². The van der Waals surface area contributed by atoms with Crippen molar-refractivity contribution in [2.45, 2.75) is 24.8 Å². The summed E-state index contributed by atoms with van der Waals surface area (Å²) in [5.41, 5.74) is 3.22. The zero-order valence-corrected chi connectivity index (χ0v) is 15.3. The molecule has 0 bridgehead atoms. The Hall–Kier alpha value is -2.93. The van der Waals surface area contributed by atoms with E-state index in [1.807, 2.05) is 42.5 Å². The average molecular weight is 363 g/mol. The summed E-state index contributed by atoms with van der Waals surface area (Å²) >= 11 is 1.52. The maximum absolute atomic E-state index is 5.20. The van der Waals surface area contributed by atoms with Gasteiger partial charge in [-0.15, -0.1) is 10.2 Å². The topological polar surface area (TPSA) is 69.6 Å². The lowest BCUT2D eigenvalue weighted by atomic mass is 10.1. The number of thioether (sulfide) groups is 1.